The Morgan fingerprint density at radius 3 is 1.76 bits per heavy atom. The maximum atomic E-state index is 10.9. The van der Waals surface area contributed by atoms with Crippen molar-refractivity contribution in [3.63, 3.8) is 0 Å². The van der Waals surface area contributed by atoms with E-state index in [4.69, 9.17) is 9.97 Å². The maximum absolute atomic E-state index is 10.9. The second kappa shape index (κ2) is 11.7. The average Bonchev–Trinajstić information content (AvgIpc) is 3.52. The molecule has 0 atom stereocenters. The van der Waals surface area contributed by atoms with Crippen molar-refractivity contribution < 1.29 is 5.11 Å². The minimum absolute atomic E-state index is 0.197. The normalized spacial score (nSPS) is 11.1. The van der Waals surface area contributed by atoms with Gasteiger partial charge in [-0.1, -0.05) is 103 Å². The van der Waals surface area contributed by atoms with Crippen LogP contribution in [0.3, 0.4) is 0 Å². The van der Waals surface area contributed by atoms with Crippen molar-refractivity contribution >= 4 is 5.65 Å². The second-order valence-corrected chi connectivity index (χ2v) is 11.3. The molecule has 46 heavy (non-hydrogen) atoms. The van der Waals surface area contributed by atoms with Gasteiger partial charge in [-0.25, -0.2) is 4.98 Å². The first-order valence-corrected chi connectivity index (χ1v) is 15.3. The van der Waals surface area contributed by atoms with Crippen LogP contribution < -0.4 is 0 Å². The highest BCUT2D eigenvalue weighted by molar-refractivity contribution is 5.91. The number of phenols is 1. The molecule has 0 fully saturated rings. The molecule has 0 radical (unpaired) electrons. The molecule has 4 heteroatoms. The van der Waals surface area contributed by atoms with Crippen LogP contribution in [0.1, 0.15) is 0 Å². The summed E-state index contributed by atoms with van der Waals surface area (Å²) in [6, 6.07) is 53.5. The summed E-state index contributed by atoms with van der Waals surface area (Å²) in [6.07, 6.45) is 3.93. The van der Waals surface area contributed by atoms with Crippen molar-refractivity contribution in [3.8, 4) is 72.9 Å². The molecule has 0 saturated heterocycles. The molecule has 5 aromatic carbocycles. The SMILES string of the molecule is Oc1ccccc1-c1nc2c(-c3cc(-c4ccccc4)cc(-c4cc(-c5ccccc5)ccn4)c3)cccn2c1-c1ccccc1. The Bertz CT molecular complexity index is 2310. The maximum Gasteiger partial charge on any atom is 0.145 e. The number of imidazole rings is 1. The zero-order valence-corrected chi connectivity index (χ0v) is 25.0. The number of aromatic hydroxyl groups is 1. The summed E-state index contributed by atoms with van der Waals surface area (Å²) >= 11 is 0. The lowest BCUT2D eigenvalue weighted by Crippen LogP contribution is -1.93. The van der Waals surface area contributed by atoms with Gasteiger partial charge in [-0.3, -0.25) is 9.38 Å². The Kier molecular flexibility index (Phi) is 6.93. The van der Waals surface area contributed by atoms with Crippen LogP contribution in [-0.4, -0.2) is 19.5 Å². The van der Waals surface area contributed by atoms with Crippen LogP contribution in [0.25, 0.3) is 72.8 Å². The third kappa shape index (κ3) is 5.02. The zero-order chi connectivity index (χ0) is 30.9. The van der Waals surface area contributed by atoms with E-state index in [2.05, 4.69) is 108 Å². The number of pyridine rings is 2. The molecule has 4 nitrogen and oxygen atoms in total. The van der Waals surface area contributed by atoms with Gasteiger partial charge in [0.1, 0.15) is 17.1 Å². The fraction of sp³-hybridized carbons (Fsp3) is 0. The summed E-state index contributed by atoms with van der Waals surface area (Å²) in [7, 11) is 0. The number of fused-ring (bicyclic) bond motifs is 1. The van der Waals surface area contributed by atoms with Crippen molar-refractivity contribution in [2.24, 2.45) is 0 Å². The van der Waals surface area contributed by atoms with Gasteiger partial charge in [0.05, 0.1) is 11.4 Å². The number of para-hydroxylation sites is 1. The van der Waals surface area contributed by atoms with Crippen LogP contribution in [0.2, 0.25) is 0 Å². The molecule has 0 saturated carbocycles. The Labute approximate surface area is 267 Å². The van der Waals surface area contributed by atoms with Crippen LogP contribution in [0.15, 0.2) is 170 Å². The van der Waals surface area contributed by atoms with E-state index < -0.39 is 0 Å². The van der Waals surface area contributed by atoms with E-state index in [0.29, 0.717) is 5.56 Å². The molecule has 1 N–H and O–H groups in total. The van der Waals surface area contributed by atoms with Crippen molar-refractivity contribution in [3.05, 3.63) is 170 Å². The van der Waals surface area contributed by atoms with Crippen molar-refractivity contribution in [1.29, 1.82) is 0 Å². The molecule has 0 unspecified atom stereocenters. The number of hydrogen-bond donors (Lipinski definition) is 1. The van der Waals surface area contributed by atoms with Gasteiger partial charge in [0.25, 0.3) is 0 Å². The van der Waals surface area contributed by atoms with E-state index in [9.17, 15) is 5.11 Å². The minimum Gasteiger partial charge on any atom is -0.507 e. The minimum atomic E-state index is 0.197. The highest BCUT2D eigenvalue weighted by Gasteiger charge is 2.21. The summed E-state index contributed by atoms with van der Waals surface area (Å²) in [6.45, 7) is 0. The first kappa shape index (κ1) is 27.3. The summed E-state index contributed by atoms with van der Waals surface area (Å²) < 4.78 is 2.13. The van der Waals surface area contributed by atoms with Crippen molar-refractivity contribution in [1.82, 2.24) is 14.4 Å². The molecule has 0 aliphatic rings. The molecule has 218 valence electrons. The van der Waals surface area contributed by atoms with Crippen LogP contribution in [-0.2, 0) is 0 Å². The second-order valence-electron chi connectivity index (χ2n) is 11.3. The average molecular weight is 592 g/mol. The molecule has 0 amide bonds. The van der Waals surface area contributed by atoms with Crippen LogP contribution in [0.4, 0.5) is 0 Å². The standard InChI is InChI=1S/C42H29N3O/c46-39-21-11-10-19-37(39)40-41(31-17-8-3-9-18-31)45-24-12-20-36(42(45)44-40)34-25-33(30-15-6-2-7-16-30)26-35(27-34)38-28-32(22-23-43-38)29-13-4-1-5-14-29/h1-28,46H. The Morgan fingerprint density at radius 1 is 0.457 bits per heavy atom. The first-order valence-electron chi connectivity index (χ1n) is 15.3. The lowest BCUT2D eigenvalue weighted by molar-refractivity contribution is 0.477. The predicted octanol–water partition coefficient (Wildman–Crippen LogP) is 10.4. The highest BCUT2D eigenvalue weighted by atomic mass is 16.3. The fourth-order valence-corrected chi connectivity index (χ4v) is 6.15. The molecule has 0 bridgehead atoms. The van der Waals surface area contributed by atoms with Gasteiger partial charge in [-0.05, 0) is 82.4 Å². The number of rotatable bonds is 6. The molecular weight excluding hydrogens is 562 g/mol. The Hall–Kier alpha value is -6.26. The summed E-state index contributed by atoms with van der Waals surface area (Å²) in [4.78, 5) is 10.1. The van der Waals surface area contributed by atoms with E-state index in [-0.39, 0.29) is 5.75 Å². The van der Waals surface area contributed by atoms with Gasteiger partial charge < -0.3 is 5.11 Å². The Morgan fingerprint density at radius 2 is 1.04 bits per heavy atom. The molecular formula is C42H29N3O. The van der Waals surface area contributed by atoms with Crippen molar-refractivity contribution in [2.45, 2.75) is 0 Å². The molecule has 8 aromatic rings. The van der Waals surface area contributed by atoms with Gasteiger partial charge in [-0.15, -0.1) is 0 Å². The number of hydrogen-bond acceptors (Lipinski definition) is 3. The quantitative estimate of drug-likeness (QED) is 0.209. The van der Waals surface area contributed by atoms with E-state index in [0.717, 1.165) is 67.2 Å². The zero-order valence-electron chi connectivity index (χ0n) is 25.0. The molecule has 3 aromatic heterocycles. The van der Waals surface area contributed by atoms with Crippen LogP contribution in [0.5, 0.6) is 5.75 Å². The Balaban J connectivity index is 1.37. The van der Waals surface area contributed by atoms with Crippen LogP contribution >= 0.6 is 0 Å². The monoisotopic (exact) mass is 591 g/mol. The predicted molar refractivity (Wildman–Crippen MR) is 187 cm³/mol. The van der Waals surface area contributed by atoms with Gasteiger partial charge >= 0.3 is 0 Å². The number of phenolic OH excluding ortho intramolecular Hbond substituents is 1. The third-order valence-electron chi connectivity index (χ3n) is 8.37. The number of aromatic nitrogens is 3. The fourth-order valence-electron chi connectivity index (χ4n) is 6.15. The van der Waals surface area contributed by atoms with Crippen LogP contribution in [0, 0.1) is 0 Å². The first-order chi connectivity index (χ1) is 22.7. The summed E-state index contributed by atoms with van der Waals surface area (Å²) in [5, 5.41) is 10.9. The van der Waals surface area contributed by atoms with E-state index >= 15 is 0 Å². The molecule has 3 heterocycles. The van der Waals surface area contributed by atoms with E-state index in [1.165, 1.54) is 0 Å². The van der Waals surface area contributed by atoms with Gasteiger partial charge in [0, 0.05) is 34.6 Å². The highest BCUT2D eigenvalue weighted by Crippen LogP contribution is 2.40. The smallest absolute Gasteiger partial charge is 0.145 e. The van der Waals surface area contributed by atoms with E-state index in [1.807, 2.05) is 60.9 Å². The van der Waals surface area contributed by atoms with Crippen molar-refractivity contribution in [2.75, 3.05) is 0 Å². The molecule has 0 spiro atoms. The number of benzene rings is 5. The third-order valence-corrected chi connectivity index (χ3v) is 8.37. The van der Waals surface area contributed by atoms with E-state index in [1.54, 1.807) is 6.07 Å². The van der Waals surface area contributed by atoms with Gasteiger partial charge in [-0.2, -0.15) is 0 Å². The molecule has 0 aliphatic heterocycles. The molecule has 0 aliphatic carbocycles. The lowest BCUT2D eigenvalue weighted by Gasteiger charge is -2.13. The lowest BCUT2D eigenvalue weighted by atomic mass is 9.94. The van der Waals surface area contributed by atoms with Gasteiger partial charge in [0.15, 0.2) is 0 Å². The largest absolute Gasteiger partial charge is 0.507 e. The summed E-state index contributed by atoms with van der Waals surface area (Å²) in [5.41, 5.74) is 12.6. The topological polar surface area (TPSA) is 50.4 Å². The molecule has 8 rings (SSSR count). The number of nitrogens with zero attached hydrogens (tertiary/aromatic N) is 3. The summed E-state index contributed by atoms with van der Waals surface area (Å²) in [5.74, 6) is 0.197. The van der Waals surface area contributed by atoms with Gasteiger partial charge in [0.2, 0.25) is 0 Å².